The van der Waals surface area contributed by atoms with E-state index in [1.165, 1.54) is 56.7 Å². The van der Waals surface area contributed by atoms with E-state index in [1.54, 1.807) is 0 Å². The molecule has 2 aliphatic rings. The molecule has 2 heterocycles. The number of nitrogens with zero attached hydrogens (tertiary/aromatic N) is 1. The highest BCUT2D eigenvalue weighted by molar-refractivity contribution is 7.99. The minimum Gasteiger partial charge on any atom is -0.329 e. The summed E-state index contributed by atoms with van der Waals surface area (Å²) < 4.78 is 0. The van der Waals surface area contributed by atoms with Crippen LogP contribution in [0.5, 0.6) is 0 Å². The minimum absolute atomic E-state index is 0.250. The maximum atomic E-state index is 6.24. The zero-order chi connectivity index (χ0) is 12.4. The van der Waals surface area contributed by atoms with Gasteiger partial charge in [-0.2, -0.15) is 11.8 Å². The van der Waals surface area contributed by atoms with Gasteiger partial charge in [-0.3, -0.25) is 4.90 Å². The molecular weight excluding hydrogens is 228 g/mol. The van der Waals surface area contributed by atoms with Crippen LogP contribution in [0.15, 0.2) is 0 Å². The Morgan fingerprint density at radius 2 is 1.76 bits per heavy atom. The molecule has 0 saturated carbocycles. The van der Waals surface area contributed by atoms with Crippen LogP contribution in [0.25, 0.3) is 0 Å². The first-order chi connectivity index (χ1) is 8.12. The third-order valence-corrected chi connectivity index (χ3v) is 6.20. The Morgan fingerprint density at radius 3 is 2.29 bits per heavy atom. The standard InChI is InChI=1S/C14H28N2S/c1-13(2)7-10-17-12-14(13,11-15)16-8-5-3-4-6-9-16/h3-12,15H2,1-2H3. The van der Waals surface area contributed by atoms with E-state index in [1.807, 2.05) is 0 Å². The molecule has 0 aromatic rings. The van der Waals surface area contributed by atoms with Crippen molar-refractivity contribution in [1.29, 1.82) is 0 Å². The average molecular weight is 256 g/mol. The molecule has 0 aliphatic carbocycles. The zero-order valence-electron chi connectivity index (χ0n) is 11.5. The van der Waals surface area contributed by atoms with Gasteiger partial charge in [0.1, 0.15) is 0 Å². The molecule has 2 saturated heterocycles. The Morgan fingerprint density at radius 1 is 1.12 bits per heavy atom. The quantitative estimate of drug-likeness (QED) is 0.824. The van der Waals surface area contributed by atoms with Crippen molar-refractivity contribution in [3.63, 3.8) is 0 Å². The first-order valence-corrected chi connectivity index (χ1v) is 8.31. The Balaban J connectivity index is 2.21. The molecule has 0 bridgehead atoms. The molecule has 2 fully saturated rings. The van der Waals surface area contributed by atoms with Gasteiger partial charge in [-0.05, 0) is 43.5 Å². The molecule has 3 heteroatoms. The van der Waals surface area contributed by atoms with Crippen molar-refractivity contribution in [3.8, 4) is 0 Å². The predicted molar refractivity (Wildman–Crippen MR) is 77.5 cm³/mol. The lowest BCUT2D eigenvalue weighted by molar-refractivity contribution is 0.00359. The van der Waals surface area contributed by atoms with Crippen molar-refractivity contribution in [1.82, 2.24) is 4.90 Å². The SMILES string of the molecule is CC1(C)CCSCC1(CN)N1CCCCCC1. The summed E-state index contributed by atoms with van der Waals surface area (Å²) in [6, 6.07) is 0. The number of nitrogens with two attached hydrogens (primary N) is 1. The van der Waals surface area contributed by atoms with Gasteiger partial charge in [0.2, 0.25) is 0 Å². The first-order valence-electron chi connectivity index (χ1n) is 7.15. The summed E-state index contributed by atoms with van der Waals surface area (Å²) in [5.41, 5.74) is 6.86. The second kappa shape index (κ2) is 5.50. The maximum absolute atomic E-state index is 6.24. The number of likely N-dealkylation sites (tertiary alicyclic amines) is 1. The molecule has 2 aliphatic heterocycles. The van der Waals surface area contributed by atoms with Crippen LogP contribution in [0.2, 0.25) is 0 Å². The van der Waals surface area contributed by atoms with Crippen LogP contribution >= 0.6 is 11.8 Å². The van der Waals surface area contributed by atoms with Crippen LogP contribution in [0, 0.1) is 5.41 Å². The van der Waals surface area contributed by atoms with E-state index in [4.69, 9.17) is 5.73 Å². The van der Waals surface area contributed by atoms with Gasteiger partial charge in [0.25, 0.3) is 0 Å². The van der Waals surface area contributed by atoms with E-state index >= 15 is 0 Å². The molecule has 100 valence electrons. The van der Waals surface area contributed by atoms with Crippen molar-refractivity contribution < 1.29 is 0 Å². The van der Waals surface area contributed by atoms with Gasteiger partial charge in [-0.1, -0.05) is 26.7 Å². The second-order valence-corrected chi connectivity index (χ2v) is 7.43. The minimum atomic E-state index is 0.250. The van der Waals surface area contributed by atoms with Crippen LogP contribution < -0.4 is 5.73 Å². The van der Waals surface area contributed by atoms with Gasteiger partial charge >= 0.3 is 0 Å². The lowest BCUT2D eigenvalue weighted by Crippen LogP contribution is -2.65. The highest BCUT2D eigenvalue weighted by Gasteiger charge is 2.49. The van der Waals surface area contributed by atoms with Gasteiger partial charge in [0.15, 0.2) is 0 Å². The molecule has 2 nitrogen and oxygen atoms in total. The van der Waals surface area contributed by atoms with Crippen molar-refractivity contribution in [2.24, 2.45) is 11.1 Å². The van der Waals surface area contributed by atoms with Crippen LogP contribution in [-0.2, 0) is 0 Å². The van der Waals surface area contributed by atoms with Gasteiger partial charge < -0.3 is 5.73 Å². The molecular formula is C14H28N2S. The summed E-state index contributed by atoms with van der Waals surface area (Å²) in [5, 5.41) is 0. The monoisotopic (exact) mass is 256 g/mol. The molecule has 0 aromatic heterocycles. The fraction of sp³-hybridized carbons (Fsp3) is 1.00. The summed E-state index contributed by atoms with van der Waals surface area (Å²) in [7, 11) is 0. The third kappa shape index (κ3) is 2.52. The second-order valence-electron chi connectivity index (χ2n) is 6.32. The van der Waals surface area contributed by atoms with Crippen molar-refractivity contribution in [2.75, 3.05) is 31.1 Å². The van der Waals surface area contributed by atoms with Crippen LogP contribution in [0.1, 0.15) is 46.0 Å². The maximum Gasteiger partial charge on any atom is 0.0472 e. The number of thioether (sulfide) groups is 1. The van der Waals surface area contributed by atoms with E-state index in [-0.39, 0.29) is 5.54 Å². The highest BCUT2D eigenvalue weighted by atomic mass is 32.2. The lowest BCUT2D eigenvalue weighted by atomic mass is 9.69. The summed E-state index contributed by atoms with van der Waals surface area (Å²) in [5.74, 6) is 2.54. The van der Waals surface area contributed by atoms with E-state index in [2.05, 4.69) is 30.5 Å². The average Bonchev–Trinajstić information content (AvgIpc) is 2.58. The van der Waals surface area contributed by atoms with Gasteiger partial charge in [-0.15, -0.1) is 0 Å². The molecule has 0 aromatic carbocycles. The van der Waals surface area contributed by atoms with Crippen molar-refractivity contribution >= 4 is 11.8 Å². The Labute approximate surface area is 111 Å². The Kier molecular flexibility index (Phi) is 4.43. The van der Waals surface area contributed by atoms with E-state index in [0.717, 1.165) is 6.54 Å². The molecule has 0 radical (unpaired) electrons. The Hall–Kier alpha value is 0.270. The van der Waals surface area contributed by atoms with Crippen molar-refractivity contribution in [3.05, 3.63) is 0 Å². The number of hydrogen-bond donors (Lipinski definition) is 1. The first kappa shape index (κ1) is 13.7. The van der Waals surface area contributed by atoms with E-state index in [0.29, 0.717) is 5.41 Å². The smallest absolute Gasteiger partial charge is 0.0472 e. The van der Waals surface area contributed by atoms with Crippen molar-refractivity contribution in [2.45, 2.75) is 51.5 Å². The topological polar surface area (TPSA) is 29.3 Å². The van der Waals surface area contributed by atoms with Crippen LogP contribution in [0.3, 0.4) is 0 Å². The molecule has 0 spiro atoms. The molecule has 2 N–H and O–H groups in total. The summed E-state index contributed by atoms with van der Waals surface area (Å²) in [4.78, 5) is 2.74. The Bertz CT molecular complexity index is 247. The van der Waals surface area contributed by atoms with Gasteiger partial charge in [-0.25, -0.2) is 0 Å². The molecule has 0 amide bonds. The van der Waals surface area contributed by atoms with E-state index in [9.17, 15) is 0 Å². The number of rotatable bonds is 2. The largest absolute Gasteiger partial charge is 0.329 e. The summed E-state index contributed by atoms with van der Waals surface area (Å²) in [6.45, 7) is 8.23. The summed E-state index contributed by atoms with van der Waals surface area (Å²) in [6.07, 6.45) is 6.85. The van der Waals surface area contributed by atoms with Gasteiger partial charge in [0, 0.05) is 17.8 Å². The zero-order valence-corrected chi connectivity index (χ0v) is 12.3. The molecule has 17 heavy (non-hydrogen) atoms. The third-order valence-electron chi connectivity index (χ3n) is 5.02. The van der Waals surface area contributed by atoms with Gasteiger partial charge in [0.05, 0.1) is 0 Å². The summed E-state index contributed by atoms with van der Waals surface area (Å²) >= 11 is 2.11. The molecule has 1 unspecified atom stereocenters. The van der Waals surface area contributed by atoms with Crippen LogP contribution in [-0.4, -0.2) is 41.6 Å². The normalized spacial score (nSPS) is 35.5. The fourth-order valence-electron chi connectivity index (χ4n) is 3.48. The van der Waals surface area contributed by atoms with Crippen LogP contribution in [0.4, 0.5) is 0 Å². The molecule has 2 rings (SSSR count). The molecule has 1 atom stereocenters. The predicted octanol–water partition coefficient (Wildman–Crippen LogP) is 2.72. The fourth-order valence-corrected chi connectivity index (χ4v) is 5.31. The highest BCUT2D eigenvalue weighted by Crippen LogP contribution is 2.46. The van der Waals surface area contributed by atoms with E-state index < -0.39 is 0 Å². The lowest BCUT2D eigenvalue weighted by Gasteiger charge is -2.55. The number of hydrogen-bond acceptors (Lipinski definition) is 3.